The minimum Gasteiger partial charge on any atom is -0.360 e. The first kappa shape index (κ1) is 15.6. The molecule has 0 aliphatic rings. The van der Waals surface area contributed by atoms with Crippen molar-refractivity contribution in [3.8, 4) is 0 Å². The molecular weight excluding hydrogens is 331 g/mol. The largest absolute Gasteiger partial charge is 0.360 e. The highest BCUT2D eigenvalue weighted by Gasteiger charge is 2.31. The number of nitrogens with one attached hydrogen (secondary N) is 1. The van der Waals surface area contributed by atoms with Crippen LogP contribution in [0.3, 0.4) is 0 Å². The number of aromatic nitrogens is 2. The minimum atomic E-state index is -3.16. The van der Waals surface area contributed by atoms with Gasteiger partial charge in [0, 0.05) is 22.9 Å². The Bertz CT molecular complexity index is 1090. The number of hydrogen-bond donors (Lipinski definition) is 1. The van der Waals surface area contributed by atoms with Crippen LogP contribution < -0.4 is 21.5 Å². The SMILES string of the molecule is O=c1cc[nH]c2ccc(P(=O)(c3ccccc3)c3ccccc3)nc12. The van der Waals surface area contributed by atoms with Crippen LogP contribution in [0.15, 0.2) is 89.9 Å². The van der Waals surface area contributed by atoms with Crippen LogP contribution in [0.4, 0.5) is 0 Å². The Morgan fingerprint density at radius 1 is 0.760 bits per heavy atom. The average Bonchev–Trinajstić information content (AvgIpc) is 2.69. The van der Waals surface area contributed by atoms with Crippen molar-refractivity contribution in [2.24, 2.45) is 0 Å². The predicted molar refractivity (Wildman–Crippen MR) is 102 cm³/mol. The zero-order valence-corrected chi connectivity index (χ0v) is 14.2. The van der Waals surface area contributed by atoms with Crippen LogP contribution >= 0.6 is 7.14 Å². The standard InChI is InChI=1S/C20H15N2O2P/c23-18-13-14-21-17-11-12-19(22-20(17)18)25(24,15-7-3-1-4-8-15)16-9-5-2-6-10-16/h1-14H,(H,21,23). The number of benzene rings is 2. The number of fused-ring (bicyclic) bond motifs is 1. The highest BCUT2D eigenvalue weighted by molar-refractivity contribution is 7.85. The summed E-state index contributed by atoms with van der Waals surface area (Å²) in [6.45, 7) is 0. The van der Waals surface area contributed by atoms with Gasteiger partial charge in [0.25, 0.3) is 0 Å². The van der Waals surface area contributed by atoms with Gasteiger partial charge in [-0.3, -0.25) is 4.79 Å². The fourth-order valence-corrected chi connectivity index (χ4v) is 5.44. The van der Waals surface area contributed by atoms with E-state index in [1.54, 1.807) is 18.3 Å². The zero-order valence-electron chi connectivity index (χ0n) is 13.3. The highest BCUT2D eigenvalue weighted by atomic mass is 31.2. The van der Waals surface area contributed by atoms with Crippen molar-refractivity contribution in [3.05, 3.63) is 95.3 Å². The van der Waals surface area contributed by atoms with Gasteiger partial charge >= 0.3 is 0 Å². The molecule has 0 unspecified atom stereocenters. The fourth-order valence-electron chi connectivity index (χ4n) is 2.90. The van der Waals surface area contributed by atoms with Crippen LogP contribution in [0, 0.1) is 0 Å². The number of aromatic amines is 1. The Kier molecular flexibility index (Phi) is 3.83. The van der Waals surface area contributed by atoms with Gasteiger partial charge in [-0.25, -0.2) is 4.98 Å². The Hall–Kier alpha value is -2.97. The van der Waals surface area contributed by atoms with Crippen LogP contribution in [0.5, 0.6) is 0 Å². The monoisotopic (exact) mass is 346 g/mol. The molecule has 0 bridgehead atoms. The van der Waals surface area contributed by atoms with Crippen molar-refractivity contribution in [2.45, 2.75) is 0 Å². The first-order chi connectivity index (χ1) is 12.2. The summed E-state index contributed by atoms with van der Waals surface area (Å²) < 4.78 is 14.2. The van der Waals surface area contributed by atoms with E-state index in [0.29, 0.717) is 27.1 Å². The smallest absolute Gasteiger partial charge is 0.207 e. The molecule has 5 heteroatoms. The maximum absolute atomic E-state index is 14.2. The van der Waals surface area contributed by atoms with E-state index in [1.165, 1.54) is 6.07 Å². The lowest BCUT2D eigenvalue weighted by Crippen LogP contribution is -2.27. The summed E-state index contributed by atoms with van der Waals surface area (Å²) in [6, 6.07) is 23.5. The van der Waals surface area contributed by atoms with Crippen molar-refractivity contribution in [2.75, 3.05) is 0 Å². The van der Waals surface area contributed by atoms with Crippen molar-refractivity contribution >= 4 is 34.2 Å². The third kappa shape index (κ3) is 2.61. The summed E-state index contributed by atoms with van der Waals surface area (Å²) in [5.74, 6) is 0. The van der Waals surface area contributed by atoms with Crippen LogP contribution in [-0.4, -0.2) is 9.97 Å². The van der Waals surface area contributed by atoms with Gasteiger partial charge in [0.2, 0.25) is 5.43 Å². The molecule has 2 aromatic heterocycles. The summed E-state index contributed by atoms with van der Waals surface area (Å²) in [6.07, 6.45) is 1.58. The first-order valence-corrected chi connectivity index (χ1v) is 9.60. The summed E-state index contributed by atoms with van der Waals surface area (Å²) in [5, 5.41) is 1.39. The summed E-state index contributed by atoms with van der Waals surface area (Å²) >= 11 is 0. The predicted octanol–water partition coefficient (Wildman–Crippen LogP) is 2.56. The second-order valence-electron chi connectivity index (χ2n) is 5.69. The molecule has 2 heterocycles. The maximum Gasteiger partial charge on any atom is 0.207 e. The Morgan fingerprint density at radius 3 is 1.96 bits per heavy atom. The number of pyridine rings is 2. The lowest BCUT2D eigenvalue weighted by Gasteiger charge is -2.19. The first-order valence-electron chi connectivity index (χ1n) is 7.90. The molecule has 25 heavy (non-hydrogen) atoms. The van der Waals surface area contributed by atoms with Crippen LogP contribution in [0.1, 0.15) is 0 Å². The third-order valence-corrected chi connectivity index (χ3v) is 7.09. The number of H-pyrrole nitrogens is 1. The second kappa shape index (κ2) is 6.15. The molecule has 1 N–H and O–H groups in total. The highest BCUT2D eigenvalue weighted by Crippen LogP contribution is 2.41. The van der Waals surface area contributed by atoms with Crippen molar-refractivity contribution in [3.63, 3.8) is 0 Å². The van der Waals surface area contributed by atoms with Crippen LogP contribution in [0.2, 0.25) is 0 Å². The summed E-state index contributed by atoms with van der Waals surface area (Å²) in [7, 11) is -3.16. The molecule has 0 amide bonds. The molecule has 0 aliphatic heterocycles. The lowest BCUT2D eigenvalue weighted by atomic mass is 10.3. The van der Waals surface area contributed by atoms with E-state index >= 15 is 0 Å². The Labute approximate surface area is 144 Å². The fraction of sp³-hybridized carbons (Fsp3) is 0. The quantitative estimate of drug-likeness (QED) is 0.580. The molecule has 0 fully saturated rings. The van der Waals surface area contributed by atoms with Gasteiger partial charge in [0.1, 0.15) is 11.0 Å². The Balaban J connectivity index is 2.04. The molecule has 0 saturated heterocycles. The minimum absolute atomic E-state index is 0.191. The molecule has 2 aromatic carbocycles. The molecule has 4 nitrogen and oxygen atoms in total. The summed E-state index contributed by atoms with van der Waals surface area (Å²) in [4.78, 5) is 19.6. The van der Waals surface area contributed by atoms with Crippen LogP contribution in [0.25, 0.3) is 11.0 Å². The molecule has 0 aliphatic carbocycles. The van der Waals surface area contributed by atoms with Gasteiger partial charge in [0.15, 0.2) is 7.14 Å². The average molecular weight is 346 g/mol. The zero-order chi connectivity index (χ0) is 17.3. The van der Waals surface area contributed by atoms with Crippen molar-refractivity contribution in [1.82, 2.24) is 9.97 Å². The molecule has 0 atom stereocenters. The van der Waals surface area contributed by atoms with E-state index in [2.05, 4.69) is 9.97 Å². The number of hydrogen-bond acceptors (Lipinski definition) is 3. The van der Waals surface area contributed by atoms with E-state index in [0.717, 1.165) is 0 Å². The van der Waals surface area contributed by atoms with E-state index in [1.807, 2.05) is 60.7 Å². The van der Waals surface area contributed by atoms with E-state index in [-0.39, 0.29) is 5.43 Å². The van der Waals surface area contributed by atoms with Gasteiger partial charge in [-0.2, -0.15) is 0 Å². The van der Waals surface area contributed by atoms with Gasteiger partial charge in [-0.1, -0.05) is 60.7 Å². The van der Waals surface area contributed by atoms with Gasteiger partial charge < -0.3 is 9.55 Å². The maximum atomic E-state index is 14.2. The normalized spacial score (nSPS) is 11.5. The molecule has 0 radical (unpaired) electrons. The number of rotatable bonds is 3. The van der Waals surface area contributed by atoms with Gasteiger partial charge in [0.05, 0.1) is 5.52 Å². The number of nitrogens with zero attached hydrogens (tertiary/aromatic N) is 1. The van der Waals surface area contributed by atoms with Gasteiger partial charge in [-0.15, -0.1) is 0 Å². The molecule has 0 saturated carbocycles. The van der Waals surface area contributed by atoms with Crippen LogP contribution in [-0.2, 0) is 4.57 Å². The van der Waals surface area contributed by atoms with Crippen molar-refractivity contribution < 1.29 is 4.57 Å². The third-order valence-electron chi connectivity index (χ3n) is 4.15. The van der Waals surface area contributed by atoms with E-state index < -0.39 is 7.14 Å². The van der Waals surface area contributed by atoms with Gasteiger partial charge in [-0.05, 0) is 12.1 Å². The second-order valence-corrected chi connectivity index (χ2v) is 8.40. The molecule has 122 valence electrons. The van der Waals surface area contributed by atoms with Crippen molar-refractivity contribution in [1.29, 1.82) is 0 Å². The topological polar surface area (TPSA) is 62.8 Å². The van der Waals surface area contributed by atoms with E-state index in [9.17, 15) is 9.36 Å². The Morgan fingerprint density at radius 2 is 1.36 bits per heavy atom. The molecule has 0 spiro atoms. The summed E-state index contributed by atoms with van der Waals surface area (Å²) in [5.41, 5.74) is 1.15. The molecule has 4 aromatic rings. The molecule has 4 rings (SSSR count). The molecular formula is C20H15N2O2P. The van der Waals surface area contributed by atoms with E-state index in [4.69, 9.17) is 0 Å². The lowest BCUT2D eigenvalue weighted by molar-refractivity contribution is 0.592.